The van der Waals surface area contributed by atoms with Crippen molar-refractivity contribution < 1.29 is 27.6 Å². The van der Waals surface area contributed by atoms with Gasteiger partial charge in [-0.25, -0.2) is 13.2 Å². The highest BCUT2D eigenvalue weighted by Crippen LogP contribution is 2.39. The van der Waals surface area contributed by atoms with Crippen molar-refractivity contribution in [2.24, 2.45) is 0 Å². The monoisotopic (exact) mass is 841 g/mol. The van der Waals surface area contributed by atoms with Crippen LogP contribution in [0.25, 0.3) is 5.57 Å². The second-order valence-electron chi connectivity index (χ2n) is 16.1. The lowest BCUT2D eigenvalue weighted by Gasteiger charge is -2.32. The highest BCUT2D eigenvalue weighted by atomic mass is 79.9. The number of benzene rings is 3. The number of piperidine rings is 1. The summed E-state index contributed by atoms with van der Waals surface area (Å²) in [7, 11) is 4.11. The standard InChI is InChI=1S/C13H16FN.C12H22BNO2.C12H16FNO.C7H6BrF.CH4/c1-10-9-12(14)3-4-13(10)11-5-7-15(2)8-6-11;1-11(2)12(3,4)16-13(15-11)10-6-8-14(5)9-7-10;1-8-6-9(13)2-3-10(8)11-4-5-14-7-12(11)15;1-5-4-6(9)2-3-7(5)8;/h3-5,9H,6-8H2,1-2H3;6H,7-9H2,1-5H3;2-3,6,11-12,14-15H,4-5,7H2,1H3;2-4H,1H3;1H4. The molecule has 0 spiro atoms. The van der Waals surface area contributed by atoms with Crippen LogP contribution >= 0.6 is 15.9 Å². The van der Waals surface area contributed by atoms with Crippen LogP contribution in [0.2, 0.25) is 0 Å². The van der Waals surface area contributed by atoms with Crippen LogP contribution in [0.5, 0.6) is 0 Å². The van der Waals surface area contributed by atoms with Gasteiger partial charge in [0.1, 0.15) is 17.5 Å². The molecule has 56 heavy (non-hydrogen) atoms. The molecule has 2 saturated heterocycles. The number of nitrogens with one attached hydrogen (secondary N) is 1. The van der Waals surface area contributed by atoms with Gasteiger partial charge in [-0.05, 0) is 170 Å². The third kappa shape index (κ3) is 13.4. The summed E-state index contributed by atoms with van der Waals surface area (Å²) >= 11 is 3.26. The van der Waals surface area contributed by atoms with E-state index in [0.717, 1.165) is 78.7 Å². The summed E-state index contributed by atoms with van der Waals surface area (Å²) in [5.74, 6) is -0.396. The van der Waals surface area contributed by atoms with Crippen LogP contribution in [-0.2, 0) is 9.31 Å². The van der Waals surface area contributed by atoms with Gasteiger partial charge in [-0.3, -0.25) is 0 Å². The molecular weight excluding hydrogens is 778 g/mol. The average Bonchev–Trinajstić information content (AvgIpc) is 3.34. The number of rotatable bonds is 3. The summed E-state index contributed by atoms with van der Waals surface area (Å²) in [4.78, 5) is 4.58. The van der Waals surface area contributed by atoms with Crippen molar-refractivity contribution in [1.82, 2.24) is 15.1 Å². The number of likely N-dealkylation sites (N-methyl/N-ethyl adjacent to an activating group) is 2. The highest BCUT2D eigenvalue weighted by molar-refractivity contribution is 9.10. The molecule has 2 N–H and O–H groups in total. The average molecular weight is 843 g/mol. The molecule has 0 aromatic heterocycles. The fourth-order valence-electron chi connectivity index (χ4n) is 6.87. The van der Waals surface area contributed by atoms with Gasteiger partial charge in [-0.1, -0.05) is 47.6 Å². The molecule has 3 aromatic carbocycles. The predicted molar refractivity (Wildman–Crippen MR) is 230 cm³/mol. The first-order valence-electron chi connectivity index (χ1n) is 19.3. The summed E-state index contributed by atoms with van der Waals surface area (Å²) in [5, 5.41) is 13.0. The van der Waals surface area contributed by atoms with E-state index >= 15 is 0 Å². The number of aryl methyl sites for hydroxylation is 3. The van der Waals surface area contributed by atoms with E-state index in [-0.39, 0.29) is 55.2 Å². The van der Waals surface area contributed by atoms with E-state index in [1.165, 1.54) is 40.9 Å². The Kier molecular flexibility index (Phi) is 18.1. The van der Waals surface area contributed by atoms with Gasteiger partial charge in [0.15, 0.2) is 0 Å². The maximum Gasteiger partial charge on any atom is 0.490 e. The van der Waals surface area contributed by atoms with Crippen LogP contribution in [0.4, 0.5) is 13.2 Å². The van der Waals surface area contributed by atoms with Crippen LogP contribution < -0.4 is 5.32 Å². The summed E-state index contributed by atoms with van der Waals surface area (Å²) < 4.78 is 51.2. The van der Waals surface area contributed by atoms with Gasteiger partial charge in [0.05, 0.1) is 17.3 Å². The topological polar surface area (TPSA) is 57.2 Å². The second kappa shape index (κ2) is 21.3. The van der Waals surface area contributed by atoms with E-state index < -0.39 is 0 Å². The molecule has 0 aliphatic carbocycles. The molecule has 4 heterocycles. The molecule has 2 atom stereocenters. The normalized spacial score (nSPS) is 21.8. The van der Waals surface area contributed by atoms with Crippen molar-refractivity contribution in [3.8, 4) is 0 Å². The summed E-state index contributed by atoms with van der Waals surface area (Å²) in [5.41, 5.74) is 7.38. The fourth-order valence-corrected chi connectivity index (χ4v) is 7.11. The Morgan fingerprint density at radius 2 is 1.30 bits per heavy atom. The molecule has 2 unspecified atom stereocenters. The fraction of sp³-hybridized carbons (Fsp3) is 0.511. The Morgan fingerprint density at radius 3 is 1.79 bits per heavy atom. The van der Waals surface area contributed by atoms with Crippen LogP contribution in [0.1, 0.15) is 88.1 Å². The van der Waals surface area contributed by atoms with Gasteiger partial charge < -0.3 is 29.5 Å². The van der Waals surface area contributed by atoms with Gasteiger partial charge in [0, 0.05) is 43.1 Å². The van der Waals surface area contributed by atoms with E-state index in [1.807, 2.05) is 26.8 Å². The van der Waals surface area contributed by atoms with E-state index in [2.05, 4.69) is 85.0 Å². The van der Waals surface area contributed by atoms with Crippen molar-refractivity contribution in [3.05, 3.63) is 122 Å². The molecular formula is C45H64BBrF3N3O3. The molecule has 0 saturated carbocycles. The van der Waals surface area contributed by atoms with Crippen LogP contribution in [-0.4, -0.2) is 92.7 Å². The first-order valence-corrected chi connectivity index (χ1v) is 20.1. The number of hydrogen-bond acceptors (Lipinski definition) is 6. The Labute approximate surface area is 343 Å². The van der Waals surface area contributed by atoms with E-state index in [4.69, 9.17) is 9.31 Å². The first-order chi connectivity index (χ1) is 25.9. The molecule has 3 aromatic rings. The molecule has 4 aliphatic heterocycles. The Bertz CT molecular complexity index is 1790. The predicted octanol–water partition coefficient (Wildman–Crippen LogP) is 9.84. The molecule has 2 fully saturated rings. The van der Waals surface area contributed by atoms with Gasteiger partial charge >= 0.3 is 7.12 Å². The lowest BCUT2D eigenvalue weighted by atomic mass is 9.75. The lowest BCUT2D eigenvalue weighted by Crippen LogP contribution is -2.41. The number of nitrogens with zero attached hydrogens (tertiary/aromatic N) is 2. The zero-order chi connectivity index (χ0) is 40.5. The van der Waals surface area contributed by atoms with Crippen molar-refractivity contribution in [3.63, 3.8) is 0 Å². The molecule has 11 heteroatoms. The van der Waals surface area contributed by atoms with Crippen molar-refractivity contribution >= 4 is 28.6 Å². The van der Waals surface area contributed by atoms with Crippen molar-refractivity contribution in [1.29, 1.82) is 0 Å². The van der Waals surface area contributed by atoms with E-state index in [0.29, 0.717) is 6.54 Å². The molecule has 0 radical (unpaired) electrons. The van der Waals surface area contributed by atoms with E-state index in [1.54, 1.807) is 24.3 Å². The number of aliphatic hydroxyl groups is 1. The maximum atomic E-state index is 12.9. The van der Waals surface area contributed by atoms with Crippen LogP contribution in [0.15, 0.2) is 76.7 Å². The summed E-state index contributed by atoms with van der Waals surface area (Å²) in [6, 6.07) is 14.5. The Balaban J connectivity index is 0.000000203. The molecule has 0 amide bonds. The zero-order valence-electron chi connectivity index (χ0n) is 34.1. The zero-order valence-corrected chi connectivity index (χ0v) is 35.7. The number of halogens is 4. The minimum absolute atomic E-state index is 0. The maximum absolute atomic E-state index is 12.9. The number of hydrogen-bond donors (Lipinski definition) is 2. The first kappa shape index (κ1) is 47.6. The quantitative estimate of drug-likeness (QED) is 0.256. The summed E-state index contributed by atoms with van der Waals surface area (Å²) in [6.45, 7) is 19.8. The largest absolute Gasteiger partial charge is 0.490 e. The van der Waals surface area contributed by atoms with Gasteiger partial charge in [0.25, 0.3) is 0 Å². The van der Waals surface area contributed by atoms with Gasteiger partial charge in [0.2, 0.25) is 0 Å². The molecule has 7 rings (SSSR count). The third-order valence-corrected chi connectivity index (χ3v) is 12.0. The van der Waals surface area contributed by atoms with Crippen LogP contribution in [0, 0.1) is 38.2 Å². The van der Waals surface area contributed by atoms with E-state index in [9.17, 15) is 18.3 Å². The lowest BCUT2D eigenvalue weighted by molar-refractivity contribution is 0.00578. The number of β-amino-alcohol motifs (C(OH)–C–C–N with tert-alkyl or cyclic N) is 1. The Hall–Kier alpha value is -2.77. The Morgan fingerprint density at radius 1 is 0.768 bits per heavy atom. The minimum Gasteiger partial charge on any atom is -0.400 e. The third-order valence-electron chi connectivity index (χ3n) is 11.2. The minimum atomic E-state index is -0.358. The smallest absolute Gasteiger partial charge is 0.400 e. The molecule has 4 aliphatic rings. The molecule has 308 valence electrons. The number of aliphatic hydroxyl groups excluding tert-OH is 1. The van der Waals surface area contributed by atoms with Crippen molar-refractivity contribution in [2.45, 2.75) is 98.4 Å². The van der Waals surface area contributed by atoms with Crippen molar-refractivity contribution in [2.75, 3.05) is 53.4 Å². The second-order valence-corrected chi connectivity index (χ2v) is 17.0. The molecule has 0 bridgehead atoms. The molecule has 6 nitrogen and oxygen atoms in total. The van der Waals surface area contributed by atoms with Crippen LogP contribution in [0.3, 0.4) is 0 Å². The highest BCUT2D eigenvalue weighted by Gasteiger charge is 2.52. The summed E-state index contributed by atoms with van der Waals surface area (Å²) in [6.07, 6.45) is 7.14. The van der Waals surface area contributed by atoms with Gasteiger partial charge in [-0.15, -0.1) is 0 Å². The van der Waals surface area contributed by atoms with Gasteiger partial charge in [-0.2, -0.15) is 0 Å². The SMILES string of the molecule is C.CN1CC=C(B2OC(C)(C)C(C)(C)O2)CC1.Cc1cc(F)ccc1Br.Cc1cc(F)ccc1C1=CCN(C)CC1.Cc1cc(F)ccc1C1CCNCC1O.